The van der Waals surface area contributed by atoms with Gasteiger partial charge in [0.1, 0.15) is 16.9 Å². The molecule has 0 fully saturated rings. The van der Waals surface area contributed by atoms with E-state index in [2.05, 4.69) is 205 Å². The third-order valence-electron chi connectivity index (χ3n) is 14.0. The molecule has 0 saturated heterocycles. The molecule has 0 amide bonds. The minimum Gasteiger partial charge on any atom is -0.456 e. The fourth-order valence-electron chi connectivity index (χ4n) is 11.3. The maximum atomic E-state index is 7.40. The summed E-state index contributed by atoms with van der Waals surface area (Å²) in [5.41, 5.74) is 18.8. The second kappa shape index (κ2) is 13.8. The van der Waals surface area contributed by atoms with Crippen LogP contribution in [0.2, 0.25) is 0 Å². The number of hydrogen-bond donors (Lipinski definition) is 0. The first kappa shape index (κ1) is 36.2. The van der Waals surface area contributed by atoms with E-state index in [0.29, 0.717) is 0 Å². The van der Waals surface area contributed by atoms with Crippen molar-refractivity contribution in [2.45, 2.75) is 18.3 Å². The van der Waals surface area contributed by atoms with Crippen molar-refractivity contribution in [2.75, 3.05) is 4.90 Å². The average Bonchev–Trinajstić information content (AvgIpc) is 4.00. The Morgan fingerprint density at radius 1 is 0.446 bits per heavy atom. The first-order valence-electron chi connectivity index (χ1n) is 22.5. The van der Waals surface area contributed by atoms with E-state index >= 15 is 0 Å². The number of furan rings is 1. The van der Waals surface area contributed by atoms with E-state index in [9.17, 15) is 0 Å². The van der Waals surface area contributed by atoms with Gasteiger partial charge in [0.05, 0.1) is 11.1 Å². The number of anilines is 3. The molecule has 14 rings (SSSR count). The molecule has 4 aliphatic rings. The zero-order valence-electron chi connectivity index (χ0n) is 35.3. The minimum atomic E-state index is -0.476. The zero-order chi connectivity index (χ0) is 42.6. The number of nitrogens with zero attached hydrogens (tertiary/aromatic N) is 1. The van der Waals surface area contributed by atoms with Gasteiger partial charge in [-0.3, -0.25) is 0 Å². The smallest absolute Gasteiger partial charge is 0.178 e. The molecule has 0 saturated carbocycles. The highest BCUT2D eigenvalue weighted by Crippen LogP contribution is 2.66. The van der Waals surface area contributed by atoms with Gasteiger partial charge < -0.3 is 18.8 Å². The predicted molar refractivity (Wildman–Crippen MR) is 262 cm³/mol. The van der Waals surface area contributed by atoms with E-state index in [-0.39, 0.29) is 0 Å². The Morgan fingerprint density at radius 3 is 1.85 bits per heavy atom. The molecule has 3 aliphatic carbocycles. The van der Waals surface area contributed by atoms with Gasteiger partial charge in [0.15, 0.2) is 17.3 Å². The van der Waals surface area contributed by atoms with Crippen molar-refractivity contribution >= 4 is 44.6 Å². The van der Waals surface area contributed by atoms with E-state index in [1.54, 1.807) is 0 Å². The van der Waals surface area contributed by atoms with Crippen LogP contribution < -0.4 is 14.4 Å². The van der Waals surface area contributed by atoms with Crippen LogP contribution in [0, 0.1) is 0 Å². The first-order valence-corrected chi connectivity index (χ1v) is 22.5. The topological polar surface area (TPSA) is 34.8 Å². The molecule has 0 N–H and O–H groups in total. The number of para-hydroxylation sites is 3. The lowest BCUT2D eigenvalue weighted by molar-refractivity contribution is 0.294. The van der Waals surface area contributed by atoms with Crippen LogP contribution in [-0.2, 0) is 5.41 Å². The monoisotopic (exact) mass is 833 g/mol. The van der Waals surface area contributed by atoms with E-state index in [1.807, 2.05) is 12.1 Å². The summed E-state index contributed by atoms with van der Waals surface area (Å²) in [6.45, 7) is 0. The summed E-state index contributed by atoms with van der Waals surface area (Å²) in [4.78, 5) is 2.35. The van der Waals surface area contributed by atoms with Crippen LogP contribution in [0.15, 0.2) is 228 Å². The molecule has 0 unspecified atom stereocenters. The Balaban J connectivity index is 0.879. The lowest BCUT2D eigenvalue weighted by atomic mass is 9.70. The van der Waals surface area contributed by atoms with Gasteiger partial charge in [0.2, 0.25) is 0 Å². The molecule has 1 spiro atoms. The van der Waals surface area contributed by atoms with Gasteiger partial charge in [-0.15, -0.1) is 0 Å². The van der Waals surface area contributed by atoms with Crippen molar-refractivity contribution in [3.63, 3.8) is 0 Å². The van der Waals surface area contributed by atoms with Gasteiger partial charge in [-0.05, 0) is 111 Å². The third kappa shape index (κ3) is 5.14. The highest BCUT2D eigenvalue weighted by atomic mass is 16.6. The van der Waals surface area contributed by atoms with Gasteiger partial charge >= 0.3 is 0 Å². The standard InChI is InChI=1S/C61H39NO3/c1-2-15-40(16-3-1)62(41-32-29-38(30-33-41)39-31-35-55-48(37-39)45-20-8-13-27-54(45)63-55)53-26-12-7-19-44(53)46-22-14-28-56-59(46)65-60-57(64-56)36-34-52-58(60)47-21-6-11-25-51(47)61(52)49-23-9-4-17-42(49)43-18-5-10-24-50(43)61/h1-13,15-27,29-37H,14,28H2. The summed E-state index contributed by atoms with van der Waals surface area (Å²) in [7, 11) is 0. The SMILES string of the molecule is C1=C(c2ccccc2N(c2ccccc2)c2ccc(-c3ccc4oc5ccccc5c4c3)cc2)C2=C(CC1)Oc1ccc3c(c1O2)-c1ccccc1C31c2ccccc2-c2ccccc21. The molecule has 0 bridgehead atoms. The van der Waals surface area contributed by atoms with Crippen LogP contribution >= 0.6 is 0 Å². The van der Waals surface area contributed by atoms with Gasteiger partial charge in [0.25, 0.3) is 0 Å². The van der Waals surface area contributed by atoms with Crippen molar-refractivity contribution in [1.82, 2.24) is 0 Å². The minimum absolute atomic E-state index is 0.476. The van der Waals surface area contributed by atoms with Crippen LogP contribution in [0.4, 0.5) is 17.1 Å². The molecule has 1 aromatic heterocycles. The quantitative estimate of drug-likeness (QED) is 0.173. The molecule has 1 aliphatic heterocycles. The molecule has 0 atom stereocenters. The largest absolute Gasteiger partial charge is 0.456 e. The summed E-state index contributed by atoms with van der Waals surface area (Å²) >= 11 is 0. The van der Waals surface area contributed by atoms with Crippen LogP contribution in [-0.4, -0.2) is 0 Å². The predicted octanol–water partition coefficient (Wildman–Crippen LogP) is 15.9. The van der Waals surface area contributed by atoms with Gasteiger partial charge in [-0.25, -0.2) is 0 Å². The van der Waals surface area contributed by atoms with Gasteiger partial charge in [-0.1, -0.05) is 158 Å². The van der Waals surface area contributed by atoms with E-state index < -0.39 is 5.41 Å². The van der Waals surface area contributed by atoms with Crippen molar-refractivity contribution in [3.05, 3.63) is 252 Å². The fraction of sp³-hybridized carbons (Fsp3) is 0.0492. The molecule has 4 nitrogen and oxygen atoms in total. The van der Waals surface area contributed by atoms with Gasteiger partial charge in [0, 0.05) is 45.3 Å². The Bertz CT molecular complexity index is 3620. The molecule has 10 aromatic rings. The van der Waals surface area contributed by atoms with Crippen molar-refractivity contribution in [2.24, 2.45) is 0 Å². The van der Waals surface area contributed by atoms with Crippen LogP contribution in [0.25, 0.3) is 60.9 Å². The van der Waals surface area contributed by atoms with Crippen molar-refractivity contribution in [1.29, 1.82) is 0 Å². The lowest BCUT2D eigenvalue weighted by Crippen LogP contribution is -2.26. The number of allylic oxidation sites excluding steroid dienone is 3. The summed E-state index contributed by atoms with van der Waals surface area (Å²) in [6.07, 6.45) is 3.92. The maximum absolute atomic E-state index is 7.40. The third-order valence-corrected chi connectivity index (χ3v) is 14.0. The molecule has 4 heteroatoms. The number of hydrogen-bond acceptors (Lipinski definition) is 4. The number of fused-ring (bicyclic) bond motifs is 15. The van der Waals surface area contributed by atoms with Gasteiger partial charge in [-0.2, -0.15) is 0 Å². The number of benzene rings is 9. The second-order valence-corrected chi connectivity index (χ2v) is 17.4. The molecule has 0 radical (unpaired) electrons. The molecular formula is C61H39NO3. The maximum Gasteiger partial charge on any atom is 0.178 e. The molecule has 2 heterocycles. The van der Waals surface area contributed by atoms with E-state index in [0.717, 1.165) is 103 Å². The Morgan fingerprint density at radius 2 is 1.06 bits per heavy atom. The van der Waals surface area contributed by atoms with Crippen LogP contribution in [0.3, 0.4) is 0 Å². The molecule has 65 heavy (non-hydrogen) atoms. The highest BCUT2D eigenvalue weighted by Gasteiger charge is 2.53. The normalized spacial score (nSPS) is 14.7. The number of ether oxygens (including phenoxy) is 2. The summed E-state index contributed by atoms with van der Waals surface area (Å²) in [5.74, 6) is 3.17. The number of rotatable bonds is 5. The fourth-order valence-corrected chi connectivity index (χ4v) is 11.3. The Labute approximate surface area is 376 Å². The Hall–Kier alpha value is -8.34. The average molecular weight is 834 g/mol. The van der Waals surface area contributed by atoms with E-state index in [1.165, 1.54) is 38.9 Å². The molecule has 9 aromatic carbocycles. The summed E-state index contributed by atoms with van der Waals surface area (Å²) in [5, 5.41) is 2.25. The van der Waals surface area contributed by atoms with Crippen LogP contribution in [0.1, 0.15) is 40.7 Å². The highest BCUT2D eigenvalue weighted by molar-refractivity contribution is 6.06. The van der Waals surface area contributed by atoms with Crippen molar-refractivity contribution in [3.8, 4) is 44.9 Å². The summed E-state index contributed by atoms with van der Waals surface area (Å²) < 4.78 is 20.5. The van der Waals surface area contributed by atoms with Crippen LogP contribution in [0.5, 0.6) is 11.5 Å². The lowest BCUT2D eigenvalue weighted by Gasteiger charge is -2.33. The first-order chi connectivity index (χ1) is 32.2. The van der Waals surface area contributed by atoms with E-state index in [4.69, 9.17) is 13.9 Å². The van der Waals surface area contributed by atoms with Crippen molar-refractivity contribution < 1.29 is 13.9 Å². The molecule has 306 valence electrons. The summed E-state index contributed by atoms with van der Waals surface area (Å²) in [6, 6.07) is 74.1. The second-order valence-electron chi connectivity index (χ2n) is 17.4. The molecular weight excluding hydrogens is 795 g/mol. The Kier molecular flexibility index (Phi) is 7.70. The zero-order valence-corrected chi connectivity index (χ0v) is 35.3.